The first-order chi connectivity index (χ1) is 15.7. The summed E-state index contributed by atoms with van der Waals surface area (Å²) in [5, 5.41) is 0. The number of fused-ring (bicyclic) bond motifs is 3. The molecule has 0 atom stereocenters. The Morgan fingerprint density at radius 1 is 1.00 bits per heavy atom. The van der Waals surface area contributed by atoms with Crippen LogP contribution in [0.15, 0.2) is 47.5 Å². The van der Waals surface area contributed by atoms with Crippen LogP contribution in [0.4, 0.5) is 11.6 Å². The van der Waals surface area contributed by atoms with E-state index in [9.17, 15) is 4.79 Å². The lowest BCUT2D eigenvalue weighted by atomic mass is 9.74. The lowest BCUT2D eigenvalue weighted by Crippen LogP contribution is -2.46. The lowest BCUT2D eigenvalue weighted by molar-refractivity contribution is 0.347. The lowest BCUT2D eigenvalue weighted by Gasteiger charge is -2.40. The van der Waals surface area contributed by atoms with Crippen LogP contribution in [0.1, 0.15) is 48.3 Å². The van der Waals surface area contributed by atoms with Crippen molar-refractivity contribution in [3.8, 4) is 0 Å². The van der Waals surface area contributed by atoms with Gasteiger partial charge in [0.1, 0.15) is 5.82 Å². The Labute approximate surface area is 187 Å². The number of nitrogens with zero attached hydrogens (tertiary/aromatic N) is 5. The molecule has 0 radical (unpaired) electrons. The smallest absolute Gasteiger partial charge is 0.255 e. The summed E-state index contributed by atoms with van der Waals surface area (Å²) in [4.78, 5) is 34.1. The molecule has 1 aromatic carbocycles. The summed E-state index contributed by atoms with van der Waals surface area (Å²) in [5.41, 5.74) is 4.82. The Hall–Kier alpha value is -3.22. The predicted octanol–water partition coefficient (Wildman–Crippen LogP) is 3.00. The first-order valence-corrected chi connectivity index (χ1v) is 11.7. The standard InChI is InChI=1S/C25H28N6O/c32-23-18-6-1-3-8-20(18)28-24(29-23)30-14-10-25(11-15-30)17-31(16-22-26-12-5-13-27-22)21-9-4-2-7-19(21)25/h2,4-5,7,9,12-13H,1,3,6,8,10-11,14-17H2,(H,28,29,32). The van der Waals surface area contributed by atoms with Crippen molar-refractivity contribution in [1.82, 2.24) is 19.9 Å². The monoisotopic (exact) mass is 428 g/mol. The summed E-state index contributed by atoms with van der Waals surface area (Å²) in [6, 6.07) is 10.6. The number of piperidine rings is 1. The Morgan fingerprint density at radius 3 is 2.62 bits per heavy atom. The van der Waals surface area contributed by atoms with Crippen LogP contribution in [0, 0.1) is 0 Å². The zero-order valence-electron chi connectivity index (χ0n) is 18.3. The molecule has 1 N–H and O–H groups in total. The number of rotatable bonds is 3. The maximum Gasteiger partial charge on any atom is 0.255 e. The van der Waals surface area contributed by atoms with Crippen LogP contribution in [0.5, 0.6) is 0 Å². The molecule has 0 unspecified atom stereocenters. The fourth-order valence-electron chi connectivity index (χ4n) is 5.77. The molecule has 1 fully saturated rings. The van der Waals surface area contributed by atoms with E-state index in [4.69, 9.17) is 4.98 Å². The molecule has 164 valence electrons. The molecule has 7 heteroatoms. The van der Waals surface area contributed by atoms with Gasteiger partial charge in [0.2, 0.25) is 5.95 Å². The van der Waals surface area contributed by atoms with Crippen LogP contribution in [0.3, 0.4) is 0 Å². The topological polar surface area (TPSA) is 78.0 Å². The number of aryl methyl sites for hydroxylation is 1. The van der Waals surface area contributed by atoms with Crippen molar-refractivity contribution in [3.63, 3.8) is 0 Å². The summed E-state index contributed by atoms with van der Waals surface area (Å²) in [6.45, 7) is 3.49. The summed E-state index contributed by atoms with van der Waals surface area (Å²) < 4.78 is 0. The van der Waals surface area contributed by atoms with Crippen LogP contribution in [0.25, 0.3) is 0 Å². The number of hydrogen-bond donors (Lipinski definition) is 1. The molecule has 4 heterocycles. The Kier molecular flexibility index (Phi) is 4.70. The second-order valence-electron chi connectivity index (χ2n) is 9.33. The van der Waals surface area contributed by atoms with E-state index in [1.807, 2.05) is 18.5 Å². The van der Waals surface area contributed by atoms with E-state index < -0.39 is 0 Å². The van der Waals surface area contributed by atoms with Gasteiger partial charge in [-0.3, -0.25) is 9.78 Å². The number of nitrogens with one attached hydrogen (secondary N) is 1. The molecule has 32 heavy (non-hydrogen) atoms. The second-order valence-corrected chi connectivity index (χ2v) is 9.33. The number of aromatic nitrogens is 4. The summed E-state index contributed by atoms with van der Waals surface area (Å²) in [7, 11) is 0. The Morgan fingerprint density at radius 2 is 1.78 bits per heavy atom. The Bertz CT molecular complexity index is 1180. The van der Waals surface area contributed by atoms with Crippen LogP contribution >= 0.6 is 0 Å². The van der Waals surface area contributed by atoms with Gasteiger partial charge in [-0.15, -0.1) is 0 Å². The van der Waals surface area contributed by atoms with Crippen molar-refractivity contribution in [2.24, 2.45) is 0 Å². The fraction of sp³-hybridized carbons (Fsp3) is 0.440. The van der Waals surface area contributed by atoms with E-state index in [0.29, 0.717) is 0 Å². The third kappa shape index (κ3) is 3.27. The van der Waals surface area contributed by atoms with Crippen molar-refractivity contribution < 1.29 is 0 Å². The highest BCUT2D eigenvalue weighted by Gasteiger charge is 2.44. The van der Waals surface area contributed by atoms with Gasteiger partial charge in [-0.25, -0.2) is 15.0 Å². The normalized spacial score (nSPS) is 19.1. The molecule has 6 rings (SSSR count). The average Bonchev–Trinajstić information content (AvgIpc) is 3.13. The number of anilines is 2. The van der Waals surface area contributed by atoms with E-state index in [1.54, 1.807) is 0 Å². The largest absolute Gasteiger partial charge is 0.363 e. The zero-order valence-corrected chi connectivity index (χ0v) is 18.3. The quantitative estimate of drug-likeness (QED) is 0.691. The van der Waals surface area contributed by atoms with Gasteiger partial charge in [0.05, 0.1) is 12.2 Å². The molecule has 0 saturated carbocycles. The molecular formula is C25H28N6O. The molecule has 2 aromatic heterocycles. The zero-order chi connectivity index (χ0) is 21.5. The van der Waals surface area contributed by atoms with Gasteiger partial charge in [0.25, 0.3) is 5.56 Å². The highest BCUT2D eigenvalue weighted by molar-refractivity contribution is 5.63. The first kappa shape index (κ1) is 19.5. The van der Waals surface area contributed by atoms with E-state index in [1.165, 1.54) is 11.3 Å². The molecule has 2 aliphatic heterocycles. The molecule has 1 spiro atoms. The van der Waals surface area contributed by atoms with Crippen molar-refractivity contribution in [2.45, 2.75) is 50.5 Å². The van der Waals surface area contributed by atoms with Gasteiger partial charge in [-0.2, -0.15) is 0 Å². The highest BCUT2D eigenvalue weighted by Crippen LogP contribution is 2.47. The molecule has 0 amide bonds. The molecule has 0 bridgehead atoms. The molecule has 3 aliphatic rings. The average molecular weight is 429 g/mol. The minimum absolute atomic E-state index is 0.0604. The van der Waals surface area contributed by atoms with Gasteiger partial charge >= 0.3 is 0 Å². The van der Waals surface area contributed by atoms with Crippen LogP contribution in [-0.2, 0) is 24.8 Å². The van der Waals surface area contributed by atoms with Crippen molar-refractivity contribution in [2.75, 3.05) is 29.4 Å². The maximum atomic E-state index is 12.6. The number of aromatic amines is 1. The van der Waals surface area contributed by atoms with Crippen LogP contribution in [-0.4, -0.2) is 39.6 Å². The minimum atomic E-state index is 0.0604. The number of H-pyrrole nitrogens is 1. The van der Waals surface area contributed by atoms with Gasteiger partial charge in [-0.1, -0.05) is 18.2 Å². The van der Waals surface area contributed by atoms with E-state index in [0.717, 1.165) is 87.7 Å². The van der Waals surface area contributed by atoms with Crippen molar-refractivity contribution in [3.05, 3.63) is 75.7 Å². The highest BCUT2D eigenvalue weighted by atomic mass is 16.1. The SMILES string of the molecule is O=c1[nH]c(N2CCC3(CC2)CN(Cc2ncccn2)c2ccccc23)nc2c1CCCC2. The number of para-hydroxylation sites is 1. The Balaban J connectivity index is 1.24. The van der Waals surface area contributed by atoms with Crippen LogP contribution < -0.4 is 15.4 Å². The van der Waals surface area contributed by atoms with E-state index >= 15 is 0 Å². The molecule has 7 nitrogen and oxygen atoms in total. The summed E-state index contributed by atoms with van der Waals surface area (Å²) in [6.07, 6.45) is 9.70. The predicted molar refractivity (Wildman–Crippen MR) is 124 cm³/mol. The van der Waals surface area contributed by atoms with E-state index in [-0.39, 0.29) is 11.0 Å². The fourth-order valence-corrected chi connectivity index (χ4v) is 5.77. The summed E-state index contributed by atoms with van der Waals surface area (Å²) >= 11 is 0. The van der Waals surface area contributed by atoms with E-state index in [2.05, 4.69) is 49.0 Å². The van der Waals surface area contributed by atoms with Gasteiger partial charge in [-0.05, 0) is 56.2 Å². The van der Waals surface area contributed by atoms with Gasteiger partial charge < -0.3 is 9.80 Å². The molecule has 1 aliphatic carbocycles. The summed E-state index contributed by atoms with van der Waals surface area (Å²) in [5.74, 6) is 1.61. The van der Waals surface area contributed by atoms with Crippen LogP contribution in [0.2, 0.25) is 0 Å². The minimum Gasteiger partial charge on any atom is -0.363 e. The first-order valence-electron chi connectivity index (χ1n) is 11.7. The van der Waals surface area contributed by atoms with Gasteiger partial charge in [0.15, 0.2) is 0 Å². The molecule has 3 aromatic rings. The molecular weight excluding hydrogens is 400 g/mol. The maximum absolute atomic E-state index is 12.6. The van der Waals surface area contributed by atoms with Gasteiger partial charge in [0, 0.05) is 48.7 Å². The number of benzene rings is 1. The third-order valence-corrected chi connectivity index (χ3v) is 7.46. The van der Waals surface area contributed by atoms with Crippen molar-refractivity contribution in [1.29, 1.82) is 0 Å². The third-order valence-electron chi connectivity index (χ3n) is 7.46. The molecule has 1 saturated heterocycles. The van der Waals surface area contributed by atoms with Crippen molar-refractivity contribution >= 4 is 11.6 Å². The second kappa shape index (κ2) is 7.73. The number of hydrogen-bond acceptors (Lipinski definition) is 6.